The van der Waals surface area contributed by atoms with Crippen LogP contribution in [0.2, 0.25) is 0 Å². The number of amides is 6. The molecule has 0 atom stereocenters. The molecule has 0 unspecified atom stereocenters. The van der Waals surface area contributed by atoms with E-state index in [9.17, 15) is 131 Å². The molecule has 0 aromatic heterocycles. The van der Waals surface area contributed by atoms with Crippen LogP contribution in [0.3, 0.4) is 0 Å². The first-order valence-corrected chi connectivity index (χ1v) is 38.9. The van der Waals surface area contributed by atoms with Crippen molar-refractivity contribution in [1.29, 1.82) is 0 Å². The Bertz CT molecular complexity index is 5970. The van der Waals surface area contributed by atoms with Gasteiger partial charge in [0.05, 0.1) is 19.3 Å². The van der Waals surface area contributed by atoms with E-state index in [1.807, 2.05) is 0 Å². The molecule has 30 N–H and O–H groups in total. The molecule has 0 bridgehead atoms. The van der Waals surface area contributed by atoms with Crippen LogP contribution in [0.25, 0.3) is 12.2 Å². The van der Waals surface area contributed by atoms with Crippen LogP contribution in [-0.2, 0) is 80.3 Å². The summed E-state index contributed by atoms with van der Waals surface area (Å²) in [6, 6.07) is 51.1. The van der Waals surface area contributed by atoms with Gasteiger partial charge in [-0.1, -0.05) is 60.7 Å². The second-order valence-electron chi connectivity index (χ2n) is 28.2. The fourth-order valence-corrected chi connectivity index (χ4v) is 11.1. The number of phenolic OH excluding ortho intramolecular Hbond substituents is 24. The third-order valence-corrected chi connectivity index (χ3v) is 18.1. The zero-order chi connectivity index (χ0) is 95.3. The lowest BCUT2D eigenvalue weighted by Gasteiger charge is -2.07. The fourth-order valence-electron chi connectivity index (χ4n) is 11.1. The predicted molar refractivity (Wildman–Crippen MR) is 474 cm³/mol. The van der Waals surface area contributed by atoms with Gasteiger partial charge < -0.3 is 154 Å². The van der Waals surface area contributed by atoms with Crippen LogP contribution in [0.15, 0.2) is 231 Å². The van der Waals surface area contributed by atoms with E-state index in [1.54, 1.807) is 48.5 Å². The first kappa shape index (κ1) is 99.2. The first-order chi connectivity index (χ1) is 61.7. The quantitative estimate of drug-likeness (QED) is 0.0136. The van der Waals surface area contributed by atoms with Crippen molar-refractivity contribution in [2.75, 3.05) is 30.3 Å². The number of rotatable bonds is 26. The molecule has 0 heterocycles. The monoisotopic (exact) mass is 1790 g/mol. The molecule has 12 aromatic carbocycles. The molecule has 36 nitrogen and oxygen atoms in total. The van der Waals surface area contributed by atoms with Crippen molar-refractivity contribution in [3.63, 3.8) is 0 Å². The number of benzene rings is 12. The summed E-state index contributed by atoms with van der Waals surface area (Å²) in [4.78, 5) is 70.4. The molecular formula is C94H94N6O30. The van der Waals surface area contributed by atoms with Gasteiger partial charge in [-0.25, -0.2) is 0 Å². The maximum Gasteiger partial charge on any atom is 0.248 e. The first-order valence-electron chi connectivity index (χ1n) is 38.9. The van der Waals surface area contributed by atoms with E-state index in [0.29, 0.717) is 90.1 Å². The number of nitrogens with one attached hydrogen (secondary N) is 6. The van der Waals surface area contributed by atoms with E-state index in [1.165, 1.54) is 194 Å². The van der Waals surface area contributed by atoms with Crippen LogP contribution in [0.5, 0.6) is 138 Å². The van der Waals surface area contributed by atoms with Crippen molar-refractivity contribution in [1.82, 2.24) is 21.3 Å². The maximum absolute atomic E-state index is 11.8. The summed E-state index contributed by atoms with van der Waals surface area (Å²) in [6.45, 7) is 1.38. The molecule has 0 aliphatic rings. The predicted octanol–water partition coefficient (Wildman–Crippen LogP) is 10.3. The molecule has 6 amide bonds. The molecule has 0 saturated heterocycles. The normalized spacial score (nSPS) is 10.5. The molecular weight excluding hydrogens is 1690 g/mol. The number of carbonyl (C=O) groups excluding carboxylic acids is 6. The molecule has 680 valence electrons. The molecule has 130 heavy (non-hydrogen) atoms. The Labute approximate surface area is 740 Å². The van der Waals surface area contributed by atoms with E-state index in [0.717, 1.165) is 22.3 Å². The van der Waals surface area contributed by atoms with Gasteiger partial charge in [-0.2, -0.15) is 0 Å². The summed E-state index contributed by atoms with van der Waals surface area (Å²) in [5, 5.41) is 238. The Hall–Kier alpha value is -17.9. The van der Waals surface area contributed by atoms with E-state index in [4.69, 9.17) is 20.4 Å². The third-order valence-electron chi connectivity index (χ3n) is 18.1. The molecule has 0 aliphatic heterocycles. The summed E-state index contributed by atoms with van der Waals surface area (Å²) in [7, 11) is 0. The molecule has 0 fully saturated rings. The van der Waals surface area contributed by atoms with Gasteiger partial charge in [0.1, 0.15) is 0 Å². The Morgan fingerprint density at radius 2 is 0.454 bits per heavy atom. The van der Waals surface area contributed by atoms with Gasteiger partial charge in [-0.15, -0.1) is 0 Å². The molecule has 12 rings (SSSR count). The van der Waals surface area contributed by atoms with Crippen molar-refractivity contribution in [3.05, 3.63) is 286 Å². The van der Waals surface area contributed by atoms with Gasteiger partial charge >= 0.3 is 0 Å². The van der Waals surface area contributed by atoms with Crippen LogP contribution in [0.1, 0.15) is 62.1 Å². The SMILES string of the molecule is O=C(/C=C/c1ccc(O)c(O)c1)NCCc1ccc(O)c(O)c1.O=C(/C=C/c1ccc(O)c(O)c1)Nc1ccc(O)c(O)c1.O=C(CCc1ccc(O)c(O)c1)NCCc1ccc(O)c(O)c1.O=C(Cc1ccc(O)c(O)c1)NCCc1ccc(O)c(O)c1.O=C(Cc1ccc(O)c(O)c1)NCc1ccc(O)c(O)c1.O=C(Cc1ccc(O)c(O)c1)Nc1ccc(O)c(O)c1. The number of aromatic hydroxyl groups is 24. The summed E-state index contributed by atoms with van der Waals surface area (Å²) in [5.41, 5.74) is 7.27. The lowest BCUT2D eigenvalue weighted by molar-refractivity contribution is -0.121. The van der Waals surface area contributed by atoms with E-state index < -0.39 is 5.91 Å². The summed E-state index contributed by atoms with van der Waals surface area (Å²) in [6.07, 6.45) is 7.95. The van der Waals surface area contributed by atoms with Crippen molar-refractivity contribution < 1.29 is 151 Å². The number of phenols is 24. The van der Waals surface area contributed by atoms with Crippen molar-refractivity contribution in [2.45, 2.75) is 57.9 Å². The van der Waals surface area contributed by atoms with Crippen molar-refractivity contribution >= 4 is 59.0 Å². The summed E-state index contributed by atoms with van der Waals surface area (Å²) >= 11 is 0. The molecule has 12 aromatic rings. The van der Waals surface area contributed by atoms with Crippen LogP contribution in [0, 0.1) is 0 Å². The van der Waals surface area contributed by atoms with Gasteiger partial charge in [0, 0.05) is 68.3 Å². The Kier molecular flexibility index (Phi) is 37.3. The number of carbonyl (C=O) groups is 6. The average Bonchev–Trinajstić information content (AvgIpc) is 0.870. The summed E-state index contributed by atoms with van der Waals surface area (Å²) in [5.74, 6) is -7.41. The largest absolute Gasteiger partial charge is 0.504 e. The topological polar surface area (TPSA) is 660 Å². The zero-order valence-electron chi connectivity index (χ0n) is 68.8. The maximum atomic E-state index is 11.8. The van der Waals surface area contributed by atoms with Gasteiger partial charge in [-0.3, -0.25) is 28.8 Å². The van der Waals surface area contributed by atoms with Gasteiger partial charge in [0.15, 0.2) is 138 Å². The van der Waals surface area contributed by atoms with Gasteiger partial charge in [-0.05, 0) is 239 Å². The lowest BCUT2D eigenvalue weighted by Crippen LogP contribution is -2.27. The van der Waals surface area contributed by atoms with Crippen LogP contribution in [-0.4, -0.2) is 178 Å². The molecule has 0 radical (unpaired) electrons. The zero-order valence-corrected chi connectivity index (χ0v) is 68.8. The smallest absolute Gasteiger partial charge is 0.248 e. The van der Waals surface area contributed by atoms with Crippen molar-refractivity contribution in [3.8, 4) is 138 Å². The highest BCUT2D eigenvalue weighted by Crippen LogP contribution is 2.35. The highest BCUT2D eigenvalue weighted by molar-refractivity contribution is 6.02. The second kappa shape index (κ2) is 48.8. The second-order valence-corrected chi connectivity index (χ2v) is 28.2. The van der Waals surface area contributed by atoms with E-state index in [2.05, 4.69) is 31.9 Å². The van der Waals surface area contributed by atoms with Crippen LogP contribution < -0.4 is 31.9 Å². The molecule has 0 aliphatic carbocycles. The van der Waals surface area contributed by atoms with E-state index >= 15 is 0 Å². The molecule has 0 spiro atoms. The minimum absolute atomic E-state index is 0.00449. The number of hydrogen-bond donors (Lipinski definition) is 30. The molecule has 36 heteroatoms. The van der Waals surface area contributed by atoms with Crippen LogP contribution >= 0.6 is 0 Å². The lowest BCUT2D eigenvalue weighted by atomic mass is 10.1. The highest BCUT2D eigenvalue weighted by atomic mass is 16.3. The number of hydrogen-bond acceptors (Lipinski definition) is 30. The van der Waals surface area contributed by atoms with Gasteiger partial charge in [0.25, 0.3) is 0 Å². The third kappa shape index (κ3) is 34.1. The van der Waals surface area contributed by atoms with Gasteiger partial charge in [0.2, 0.25) is 35.4 Å². The minimum atomic E-state index is -0.451. The Morgan fingerprint density at radius 1 is 0.208 bits per heavy atom. The highest BCUT2D eigenvalue weighted by Gasteiger charge is 2.15. The summed E-state index contributed by atoms with van der Waals surface area (Å²) < 4.78 is 0. The Balaban J connectivity index is 0.000000214. The fraction of sp³-hybridized carbons (Fsp3) is 0.128. The van der Waals surface area contributed by atoms with Crippen LogP contribution in [0.4, 0.5) is 11.4 Å². The number of aryl methyl sites for hydroxylation is 1. The Morgan fingerprint density at radius 3 is 0.792 bits per heavy atom. The van der Waals surface area contributed by atoms with Crippen molar-refractivity contribution in [2.24, 2.45) is 0 Å². The van der Waals surface area contributed by atoms with E-state index in [-0.39, 0.29) is 200 Å². The average molecular weight is 1790 g/mol. The molecule has 0 saturated carbocycles. The minimum Gasteiger partial charge on any atom is -0.504 e. The number of anilines is 2. The standard InChI is InChI=1S/C17H19NO5.C17H17NO5.C16H17NO5.C15H13NO5.C15H15NO5.C14H13NO5/c2*19-13-4-1-11(9-15(13)21)3-6-17(23)18-8-7-12-2-5-14(20)16(22)10-12;18-12-3-1-10(7-14(12)20)5-6-17-16(22)9-11-2-4-13(19)15(21)8-11;17-11-4-1-9(7-13(11)19)2-6-15(21)16-10-3-5-12(18)14(20)8-10;17-11-3-1-9(5-13(11)19)7-15(21)16-8-10-2-4-12(18)14(20)6-10;16-10-3-1-8(5-12(10)18)6-14(20)15-9-2-4-11(17)13(19)7-9/h1-2,4-5,9-10,19-22H,3,6-8H2,(H,18,23);1-6,9-10,19-22H,7-8H2,(H,18,23);1-4,7-8,18-21H,5-6,9H2,(H,17,22);1-8,17-20H,(H,16,21);1-6,17-20H,7-8H2,(H,16,21);1-5,7,16-19H,6H2,(H,15,20)/b;6-3+;;6-2+;;.